The molecular weight excluding hydrogens is 247 g/mol. The average Bonchev–Trinajstić information content (AvgIpc) is 2.84. The highest BCUT2D eigenvalue weighted by atomic mass is 19.1. The third-order valence-electron chi connectivity index (χ3n) is 3.43. The van der Waals surface area contributed by atoms with E-state index in [0.29, 0.717) is 31.7 Å². The van der Waals surface area contributed by atoms with Gasteiger partial charge in [0.2, 0.25) is 5.91 Å². The van der Waals surface area contributed by atoms with Gasteiger partial charge in [0.1, 0.15) is 12.4 Å². The fourth-order valence-electron chi connectivity index (χ4n) is 2.38. The summed E-state index contributed by atoms with van der Waals surface area (Å²) in [6, 6.07) is 6.62. The summed E-state index contributed by atoms with van der Waals surface area (Å²) >= 11 is 0. The largest absolute Gasteiger partial charge is 0.378 e. The number of nitrogens with zero attached hydrogens (tertiary/aromatic N) is 2. The molecule has 1 saturated heterocycles. The molecule has 0 bridgehead atoms. The number of benzene rings is 1. The smallest absolute Gasteiger partial charge is 0.242 e. The fourth-order valence-corrected chi connectivity index (χ4v) is 2.38. The van der Waals surface area contributed by atoms with Crippen LogP contribution in [0.15, 0.2) is 30.5 Å². The van der Waals surface area contributed by atoms with Gasteiger partial charge in [-0.2, -0.15) is 0 Å². The minimum absolute atomic E-state index is 0.0464. The van der Waals surface area contributed by atoms with E-state index in [1.807, 2.05) is 6.07 Å². The van der Waals surface area contributed by atoms with Crippen LogP contribution in [0.1, 0.15) is 0 Å². The van der Waals surface area contributed by atoms with Gasteiger partial charge < -0.3 is 14.2 Å². The zero-order valence-electron chi connectivity index (χ0n) is 10.5. The Labute approximate surface area is 110 Å². The normalized spacial score (nSPS) is 15.9. The number of amides is 1. The Bertz CT molecular complexity index is 603. The number of morpholine rings is 1. The molecule has 3 rings (SSSR count). The molecule has 1 aromatic heterocycles. The number of hydrogen-bond donors (Lipinski definition) is 0. The van der Waals surface area contributed by atoms with Gasteiger partial charge in [0.25, 0.3) is 0 Å². The van der Waals surface area contributed by atoms with Gasteiger partial charge in [0.15, 0.2) is 0 Å². The second-order valence-electron chi connectivity index (χ2n) is 4.61. The molecule has 0 aliphatic carbocycles. The van der Waals surface area contributed by atoms with E-state index in [9.17, 15) is 9.18 Å². The van der Waals surface area contributed by atoms with E-state index >= 15 is 0 Å². The third-order valence-corrected chi connectivity index (χ3v) is 3.43. The van der Waals surface area contributed by atoms with Crippen LogP contribution in [0.5, 0.6) is 0 Å². The zero-order chi connectivity index (χ0) is 13.2. The number of ether oxygens (including phenoxy) is 1. The van der Waals surface area contributed by atoms with Gasteiger partial charge in [-0.3, -0.25) is 4.79 Å². The molecule has 5 heteroatoms. The Hall–Kier alpha value is -1.88. The van der Waals surface area contributed by atoms with Gasteiger partial charge in [0, 0.05) is 24.7 Å². The van der Waals surface area contributed by atoms with Crippen LogP contribution in [0, 0.1) is 5.82 Å². The summed E-state index contributed by atoms with van der Waals surface area (Å²) in [6.45, 7) is 2.69. The molecule has 4 nitrogen and oxygen atoms in total. The number of carbonyl (C=O) groups is 1. The van der Waals surface area contributed by atoms with Crippen LogP contribution in [0.3, 0.4) is 0 Å². The summed E-state index contributed by atoms with van der Waals surface area (Å²) in [6.07, 6.45) is 1.76. The number of fused-ring (bicyclic) bond motifs is 1. The van der Waals surface area contributed by atoms with Crippen LogP contribution in [0.4, 0.5) is 4.39 Å². The number of hydrogen-bond acceptors (Lipinski definition) is 2. The highest BCUT2D eigenvalue weighted by Crippen LogP contribution is 2.19. The quantitative estimate of drug-likeness (QED) is 0.824. The van der Waals surface area contributed by atoms with Crippen LogP contribution in [0.2, 0.25) is 0 Å². The number of rotatable bonds is 2. The van der Waals surface area contributed by atoms with Gasteiger partial charge in [-0.1, -0.05) is 6.07 Å². The van der Waals surface area contributed by atoms with E-state index in [1.165, 1.54) is 6.07 Å². The van der Waals surface area contributed by atoms with Crippen molar-refractivity contribution in [2.75, 3.05) is 26.3 Å². The van der Waals surface area contributed by atoms with Gasteiger partial charge in [-0.05, 0) is 18.2 Å². The second kappa shape index (κ2) is 5.01. The van der Waals surface area contributed by atoms with Crippen LogP contribution >= 0.6 is 0 Å². The van der Waals surface area contributed by atoms with Crippen molar-refractivity contribution >= 4 is 16.8 Å². The summed E-state index contributed by atoms with van der Waals surface area (Å²) in [5, 5.41) is 0.553. The van der Waals surface area contributed by atoms with Crippen LogP contribution in [0.25, 0.3) is 10.9 Å². The molecule has 0 saturated carbocycles. The predicted molar refractivity (Wildman–Crippen MR) is 69.3 cm³/mol. The first kappa shape index (κ1) is 12.2. The monoisotopic (exact) mass is 262 g/mol. The molecule has 100 valence electrons. The molecule has 0 spiro atoms. The Morgan fingerprint density at radius 3 is 2.84 bits per heavy atom. The molecular formula is C14H15FN2O2. The van der Waals surface area contributed by atoms with Crippen molar-refractivity contribution in [2.45, 2.75) is 6.54 Å². The van der Waals surface area contributed by atoms with Crippen LogP contribution < -0.4 is 0 Å². The molecule has 0 unspecified atom stereocenters. The maximum Gasteiger partial charge on any atom is 0.242 e. The molecule has 1 aliphatic heterocycles. The summed E-state index contributed by atoms with van der Waals surface area (Å²) < 4.78 is 20.6. The zero-order valence-corrected chi connectivity index (χ0v) is 10.5. The Morgan fingerprint density at radius 2 is 2.05 bits per heavy atom. The first-order valence-corrected chi connectivity index (χ1v) is 6.34. The first-order chi connectivity index (χ1) is 9.25. The van der Waals surface area contributed by atoms with Crippen molar-refractivity contribution in [1.29, 1.82) is 0 Å². The molecule has 0 radical (unpaired) electrons. The van der Waals surface area contributed by atoms with Crippen LogP contribution in [-0.4, -0.2) is 41.7 Å². The lowest BCUT2D eigenvalue weighted by Crippen LogP contribution is -2.42. The third kappa shape index (κ3) is 2.33. The lowest BCUT2D eigenvalue weighted by Gasteiger charge is -2.27. The molecule has 1 fully saturated rings. The molecule has 0 N–H and O–H groups in total. The van der Waals surface area contributed by atoms with Crippen molar-refractivity contribution in [3.8, 4) is 0 Å². The molecule has 2 aromatic rings. The molecule has 0 atom stereocenters. The topological polar surface area (TPSA) is 34.5 Å². The molecule has 1 amide bonds. The van der Waals surface area contributed by atoms with Crippen LogP contribution in [-0.2, 0) is 16.1 Å². The van der Waals surface area contributed by atoms with Crippen molar-refractivity contribution in [1.82, 2.24) is 9.47 Å². The predicted octanol–water partition coefficient (Wildman–Crippen LogP) is 1.64. The van der Waals surface area contributed by atoms with E-state index in [2.05, 4.69) is 0 Å². The summed E-state index contributed by atoms with van der Waals surface area (Å²) in [5.74, 6) is -0.208. The van der Waals surface area contributed by atoms with Crippen molar-refractivity contribution in [3.05, 3.63) is 36.3 Å². The van der Waals surface area contributed by atoms with E-state index < -0.39 is 0 Å². The van der Waals surface area contributed by atoms with Gasteiger partial charge >= 0.3 is 0 Å². The lowest BCUT2D eigenvalue weighted by molar-refractivity contribution is -0.135. The highest BCUT2D eigenvalue weighted by molar-refractivity contribution is 5.83. The maximum absolute atomic E-state index is 13.6. The highest BCUT2D eigenvalue weighted by Gasteiger charge is 2.17. The number of halogens is 1. The minimum atomic E-state index is -0.255. The first-order valence-electron chi connectivity index (χ1n) is 6.34. The maximum atomic E-state index is 13.6. The summed E-state index contributed by atoms with van der Waals surface area (Å²) in [5.41, 5.74) is 0.751. The SMILES string of the molecule is O=C(Cn1ccc2c(F)cccc21)N1CCOCC1. The lowest BCUT2D eigenvalue weighted by atomic mass is 10.2. The Morgan fingerprint density at radius 1 is 1.26 bits per heavy atom. The second-order valence-corrected chi connectivity index (χ2v) is 4.61. The number of carbonyl (C=O) groups excluding carboxylic acids is 1. The molecule has 19 heavy (non-hydrogen) atoms. The summed E-state index contributed by atoms with van der Waals surface area (Å²) in [4.78, 5) is 13.9. The van der Waals surface area contributed by atoms with Crippen molar-refractivity contribution in [2.24, 2.45) is 0 Å². The van der Waals surface area contributed by atoms with Gasteiger partial charge in [0.05, 0.1) is 18.7 Å². The Balaban J connectivity index is 1.81. The standard InChI is InChI=1S/C14H15FN2O2/c15-12-2-1-3-13-11(12)4-5-17(13)10-14(18)16-6-8-19-9-7-16/h1-5H,6-10H2. The van der Waals surface area contributed by atoms with Crippen molar-refractivity contribution < 1.29 is 13.9 Å². The van der Waals surface area contributed by atoms with Gasteiger partial charge in [-0.25, -0.2) is 4.39 Å². The van der Waals surface area contributed by atoms with Gasteiger partial charge in [-0.15, -0.1) is 0 Å². The van der Waals surface area contributed by atoms with E-state index in [0.717, 1.165) is 5.52 Å². The molecule has 1 aromatic carbocycles. The van der Waals surface area contributed by atoms with E-state index in [4.69, 9.17) is 4.74 Å². The molecule has 1 aliphatic rings. The Kier molecular flexibility index (Phi) is 3.21. The molecule has 2 heterocycles. The minimum Gasteiger partial charge on any atom is -0.378 e. The van der Waals surface area contributed by atoms with Crippen molar-refractivity contribution in [3.63, 3.8) is 0 Å². The fraction of sp³-hybridized carbons (Fsp3) is 0.357. The average molecular weight is 262 g/mol. The van der Waals surface area contributed by atoms with E-state index in [1.54, 1.807) is 27.8 Å². The van der Waals surface area contributed by atoms with E-state index in [-0.39, 0.29) is 18.3 Å². The summed E-state index contributed by atoms with van der Waals surface area (Å²) in [7, 11) is 0. The number of aromatic nitrogens is 1.